The summed E-state index contributed by atoms with van der Waals surface area (Å²) in [6.07, 6.45) is 1.29. The highest BCUT2D eigenvalue weighted by molar-refractivity contribution is 14.2. The number of nitrogens with zero attached hydrogens (tertiary/aromatic N) is 2. The highest BCUT2D eigenvalue weighted by atomic mass is 127. The van der Waals surface area contributed by atoms with E-state index >= 15 is 0 Å². The van der Waals surface area contributed by atoms with Gasteiger partial charge in [0.15, 0.2) is 0 Å². The first kappa shape index (κ1) is 40.4. The number of hydrogen-bond acceptors (Lipinski definition) is 8. The molecule has 49 heavy (non-hydrogen) atoms. The van der Waals surface area contributed by atoms with E-state index in [1.54, 1.807) is 30.6 Å². The van der Waals surface area contributed by atoms with Crippen molar-refractivity contribution in [3.63, 3.8) is 0 Å². The van der Waals surface area contributed by atoms with Crippen LogP contribution in [-0.4, -0.2) is 109 Å². The fourth-order valence-electron chi connectivity index (χ4n) is 5.81. The van der Waals surface area contributed by atoms with Crippen molar-refractivity contribution in [1.82, 2.24) is 31.1 Å². The molecule has 0 bridgehead atoms. The Morgan fingerprint density at radius 1 is 0.878 bits per heavy atom. The number of carbonyl (C=O) groups is 6. The molecule has 14 nitrogen and oxygen atoms in total. The molecule has 0 aliphatic carbocycles. The van der Waals surface area contributed by atoms with Crippen LogP contribution < -0.4 is 21.3 Å². The first-order valence-corrected chi connectivity index (χ1v) is 20.5. The lowest BCUT2D eigenvalue weighted by molar-refractivity contribution is -0.151. The number of piperidine rings is 1. The number of carbonyl (C=O) groups excluding carboxylic acids is 6. The third kappa shape index (κ3) is 13.7. The van der Waals surface area contributed by atoms with Crippen LogP contribution in [0.2, 0.25) is 0 Å². The Morgan fingerprint density at radius 3 is 2.08 bits per heavy atom. The fraction of sp³-hybridized carbons (Fsp3) is 0.636. The standard InChI is InChI=1S/C33H50IN6O8P/c1-22(2)15-24(29(44)36-18-27(42)39-13-11-33(12-14-39)20-40(21-33)28(43)19-47-49-34)37-26(41)17-35-30(45)25(16-23-9-7-6-8-10-23)38-31(46)48-32(3,4)5/h6-10,22,24-25,49H,11-21H2,1-5H3,(H,35,45)(H,36,44)(H,37,41)(H,38,46)/t24-,25-/m1/s1. The van der Waals surface area contributed by atoms with Crippen molar-refractivity contribution in [2.45, 2.75) is 78.0 Å². The summed E-state index contributed by atoms with van der Waals surface area (Å²) in [4.78, 5) is 80.3. The monoisotopic (exact) mass is 816 g/mol. The molecule has 0 saturated carbocycles. The van der Waals surface area contributed by atoms with Crippen LogP contribution in [0.5, 0.6) is 0 Å². The van der Waals surface area contributed by atoms with Crippen LogP contribution in [0.1, 0.15) is 59.4 Å². The van der Waals surface area contributed by atoms with E-state index in [1.807, 2.05) is 44.2 Å². The van der Waals surface area contributed by atoms with Gasteiger partial charge in [0, 0.05) is 38.0 Å². The molecule has 1 unspecified atom stereocenters. The maximum Gasteiger partial charge on any atom is 0.408 e. The molecule has 2 fully saturated rings. The number of halogens is 1. The van der Waals surface area contributed by atoms with Crippen LogP contribution in [0.4, 0.5) is 4.79 Å². The van der Waals surface area contributed by atoms with E-state index in [9.17, 15) is 28.8 Å². The molecule has 2 aliphatic heterocycles. The largest absolute Gasteiger partial charge is 0.444 e. The van der Waals surface area contributed by atoms with E-state index in [-0.39, 0.29) is 49.2 Å². The van der Waals surface area contributed by atoms with Gasteiger partial charge in [0.25, 0.3) is 0 Å². The first-order valence-electron chi connectivity index (χ1n) is 16.5. The second kappa shape index (κ2) is 18.8. The lowest BCUT2D eigenvalue weighted by atomic mass is 9.72. The van der Waals surface area contributed by atoms with E-state index in [1.165, 1.54) is 0 Å². The van der Waals surface area contributed by atoms with Gasteiger partial charge >= 0.3 is 6.09 Å². The number of alkyl carbamates (subject to hydrolysis) is 1. The molecular formula is C33H50IN6O8P. The van der Waals surface area contributed by atoms with Gasteiger partial charge in [-0.25, -0.2) is 4.79 Å². The molecular weight excluding hydrogens is 766 g/mol. The van der Waals surface area contributed by atoms with Gasteiger partial charge in [-0.2, -0.15) is 0 Å². The number of benzene rings is 1. The SMILES string of the molecule is CC(C)C[C@@H](NC(=O)CNC(=O)[C@@H](Cc1ccccc1)NC(=O)OC(C)(C)C)C(=O)NCC(=O)N1CCC2(CC1)CN(C(=O)COPI)C2. The summed E-state index contributed by atoms with van der Waals surface area (Å²) in [6, 6.07) is 7.19. The van der Waals surface area contributed by atoms with Gasteiger partial charge < -0.3 is 40.3 Å². The maximum absolute atomic E-state index is 13.1. The number of likely N-dealkylation sites (tertiary alicyclic amines) is 2. The molecule has 3 atom stereocenters. The zero-order chi connectivity index (χ0) is 36.2. The van der Waals surface area contributed by atoms with Crippen molar-refractivity contribution in [3.8, 4) is 0 Å². The third-order valence-electron chi connectivity index (χ3n) is 8.32. The van der Waals surface area contributed by atoms with Crippen molar-refractivity contribution in [2.24, 2.45) is 11.3 Å². The van der Waals surface area contributed by atoms with Crippen LogP contribution in [0.25, 0.3) is 0 Å². The van der Waals surface area contributed by atoms with Gasteiger partial charge in [0.2, 0.25) is 29.5 Å². The van der Waals surface area contributed by atoms with Crippen LogP contribution in [-0.2, 0) is 39.7 Å². The zero-order valence-electron chi connectivity index (χ0n) is 28.9. The summed E-state index contributed by atoms with van der Waals surface area (Å²) < 4.78 is 10.6. The summed E-state index contributed by atoms with van der Waals surface area (Å²) in [7, 11) is 0. The average Bonchev–Trinajstić information content (AvgIpc) is 3.02. The highest BCUT2D eigenvalue weighted by Crippen LogP contribution is 2.40. The molecule has 3 rings (SSSR count). The quantitative estimate of drug-likeness (QED) is 0.154. The highest BCUT2D eigenvalue weighted by Gasteiger charge is 2.47. The zero-order valence-corrected chi connectivity index (χ0v) is 32.1. The lowest BCUT2D eigenvalue weighted by Gasteiger charge is -2.53. The van der Waals surface area contributed by atoms with E-state index in [0.717, 1.165) is 18.4 Å². The summed E-state index contributed by atoms with van der Waals surface area (Å²) in [5.41, 5.74) is 0.0586. The molecule has 1 spiro atoms. The predicted molar refractivity (Wildman–Crippen MR) is 194 cm³/mol. The van der Waals surface area contributed by atoms with Crippen LogP contribution in [0.15, 0.2) is 30.3 Å². The molecule has 0 radical (unpaired) electrons. The van der Waals surface area contributed by atoms with Gasteiger partial charge in [-0.3, -0.25) is 24.0 Å². The molecule has 0 aromatic heterocycles. The summed E-state index contributed by atoms with van der Waals surface area (Å²) in [5.74, 6) is -1.84. The molecule has 2 aliphatic rings. The number of ether oxygens (including phenoxy) is 1. The van der Waals surface area contributed by atoms with Crippen molar-refractivity contribution >= 4 is 64.1 Å². The molecule has 1 aromatic carbocycles. The lowest BCUT2D eigenvalue weighted by Crippen LogP contribution is -2.63. The van der Waals surface area contributed by atoms with Gasteiger partial charge in [-0.1, -0.05) is 44.2 Å². The second-order valence-corrected chi connectivity index (χ2v) is 15.8. The number of amides is 6. The topological polar surface area (TPSA) is 175 Å². The Balaban J connectivity index is 1.47. The average molecular weight is 817 g/mol. The second-order valence-electron chi connectivity index (χ2n) is 14.1. The van der Waals surface area contributed by atoms with E-state index in [2.05, 4.69) is 43.3 Å². The summed E-state index contributed by atoms with van der Waals surface area (Å²) >= 11 is 2.08. The minimum Gasteiger partial charge on any atom is -0.444 e. The first-order chi connectivity index (χ1) is 23.1. The minimum atomic E-state index is -1.01. The molecule has 16 heteroatoms. The van der Waals surface area contributed by atoms with Crippen molar-refractivity contribution < 1.29 is 38.0 Å². The third-order valence-corrected chi connectivity index (χ3v) is 9.51. The fourth-order valence-corrected chi connectivity index (χ4v) is 6.46. The predicted octanol–water partition coefficient (Wildman–Crippen LogP) is 2.30. The summed E-state index contributed by atoms with van der Waals surface area (Å²) in [5, 5.41) is 10.5. The Bertz CT molecular complexity index is 1310. The van der Waals surface area contributed by atoms with Gasteiger partial charge in [-0.15, -0.1) is 0 Å². The molecule has 6 amide bonds. The van der Waals surface area contributed by atoms with Crippen molar-refractivity contribution in [3.05, 3.63) is 35.9 Å². The van der Waals surface area contributed by atoms with E-state index in [4.69, 9.17) is 9.26 Å². The van der Waals surface area contributed by atoms with Crippen molar-refractivity contribution in [2.75, 3.05) is 45.9 Å². The smallest absolute Gasteiger partial charge is 0.408 e. The molecule has 4 N–H and O–H groups in total. The van der Waals surface area contributed by atoms with E-state index in [0.29, 0.717) is 32.6 Å². The van der Waals surface area contributed by atoms with Gasteiger partial charge in [0.05, 0.1) is 19.5 Å². The van der Waals surface area contributed by atoms with Crippen molar-refractivity contribution in [1.29, 1.82) is 0 Å². The number of rotatable bonds is 15. The Morgan fingerprint density at radius 2 is 1.49 bits per heavy atom. The Labute approximate surface area is 303 Å². The van der Waals surface area contributed by atoms with Gasteiger partial charge in [-0.05, 0) is 73.6 Å². The van der Waals surface area contributed by atoms with E-state index < -0.39 is 48.0 Å². The summed E-state index contributed by atoms with van der Waals surface area (Å²) in [6.45, 7) is 11.1. The molecule has 1 aromatic rings. The number of hydrogen-bond donors (Lipinski definition) is 4. The van der Waals surface area contributed by atoms with Crippen LogP contribution in [0, 0.1) is 11.3 Å². The van der Waals surface area contributed by atoms with Crippen LogP contribution >= 0.6 is 28.5 Å². The number of nitrogens with one attached hydrogen (secondary N) is 4. The molecule has 272 valence electrons. The van der Waals surface area contributed by atoms with Gasteiger partial charge in [0.1, 0.15) is 24.3 Å². The minimum absolute atomic E-state index is 0.0103. The Kier molecular flexibility index (Phi) is 15.5. The Hall–Kier alpha value is -3.04. The van der Waals surface area contributed by atoms with Crippen LogP contribution in [0.3, 0.4) is 0 Å². The normalized spacial score (nSPS) is 16.9. The molecule has 2 saturated heterocycles. The molecule has 2 heterocycles. The maximum atomic E-state index is 13.1.